The summed E-state index contributed by atoms with van der Waals surface area (Å²) in [5.41, 5.74) is 6.09. The summed E-state index contributed by atoms with van der Waals surface area (Å²) in [6, 6.07) is 5.05. The predicted molar refractivity (Wildman–Crippen MR) is 90.0 cm³/mol. The second-order valence-corrected chi connectivity index (χ2v) is 7.43. The standard InChI is InChI=1S/C17H23F2N3O3/c1-17(2,3)25-16(23)22-9-11-6-12(22)8-21(11)10-4-5-13(20)14(7-10)24-15(18)19/h4-5,7,11-12,15H,6,8-9,20H2,1-3H3. The lowest BCUT2D eigenvalue weighted by Crippen LogP contribution is -2.50. The van der Waals surface area contributed by atoms with Gasteiger partial charge in [0.15, 0.2) is 5.75 Å². The van der Waals surface area contributed by atoms with E-state index in [9.17, 15) is 13.6 Å². The fraction of sp³-hybridized carbons (Fsp3) is 0.588. The fourth-order valence-corrected chi connectivity index (χ4v) is 3.43. The number of fused-ring (bicyclic) bond motifs is 2. The average molecular weight is 355 g/mol. The van der Waals surface area contributed by atoms with Crippen LogP contribution in [0.3, 0.4) is 0 Å². The molecule has 0 radical (unpaired) electrons. The minimum absolute atomic E-state index is 0.0285. The van der Waals surface area contributed by atoms with Crippen molar-refractivity contribution in [2.75, 3.05) is 23.7 Å². The van der Waals surface area contributed by atoms with Gasteiger partial charge >= 0.3 is 12.7 Å². The zero-order chi connectivity index (χ0) is 18.4. The lowest BCUT2D eigenvalue weighted by Gasteiger charge is -2.36. The molecule has 2 aliphatic heterocycles. The molecule has 2 aliphatic rings. The van der Waals surface area contributed by atoms with Crippen LogP contribution in [0, 0.1) is 0 Å². The summed E-state index contributed by atoms with van der Waals surface area (Å²) < 4.78 is 34.9. The van der Waals surface area contributed by atoms with Gasteiger partial charge in [0.25, 0.3) is 0 Å². The second kappa shape index (κ2) is 6.24. The SMILES string of the molecule is CC(C)(C)OC(=O)N1CC2CC1CN2c1ccc(N)c(OC(F)F)c1. The van der Waals surface area contributed by atoms with Gasteiger partial charge in [0.2, 0.25) is 0 Å². The van der Waals surface area contributed by atoms with Crippen LogP contribution in [-0.4, -0.2) is 48.4 Å². The number of hydrogen-bond donors (Lipinski definition) is 1. The summed E-state index contributed by atoms with van der Waals surface area (Å²) in [5, 5.41) is 0. The van der Waals surface area contributed by atoms with Crippen LogP contribution >= 0.6 is 0 Å². The van der Waals surface area contributed by atoms with Gasteiger partial charge in [-0.1, -0.05) is 0 Å². The average Bonchev–Trinajstić information content (AvgIpc) is 3.07. The lowest BCUT2D eigenvalue weighted by atomic mass is 10.2. The van der Waals surface area contributed by atoms with E-state index in [0.29, 0.717) is 13.1 Å². The number of ether oxygens (including phenoxy) is 2. The van der Waals surface area contributed by atoms with E-state index in [1.165, 1.54) is 6.07 Å². The number of anilines is 2. The number of rotatable bonds is 3. The molecule has 2 unspecified atom stereocenters. The van der Waals surface area contributed by atoms with E-state index in [4.69, 9.17) is 10.5 Å². The van der Waals surface area contributed by atoms with Crippen molar-refractivity contribution in [2.45, 2.75) is 51.5 Å². The molecule has 2 heterocycles. The van der Waals surface area contributed by atoms with Crippen molar-refractivity contribution in [3.8, 4) is 5.75 Å². The smallest absolute Gasteiger partial charge is 0.410 e. The Morgan fingerprint density at radius 2 is 2.00 bits per heavy atom. The van der Waals surface area contributed by atoms with Gasteiger partial charge in [-0.25, -0.2) is 4.79 Å². The van der Waals surface area contributed by atoms with Crippen LogP contribution in [0.25, 0.3) is 0 Å². The maximum atomic E-state index is 12.5. The van der Waals surface area contributed by atoms with Crippen molar-refractivity contribution in [1.82, 2.24) is 4.90 Å². The maximum Gasteiger partial charge on any atom is 0.410 e. The highest BCUT2D eigenvalue weighted by Crippen LogP contribution is 2.38. The van der Waals surface area contributed by atoms with E-state index in [2.05, 4.69) is 9.64 Å². The Morgan fingerprint density at radius 1 is 1.28 bits per heavy atom. The predicted octanol–water partition coefficient (Wildman–Crippen LogP) is 3.07. The van der Waals surface area contributed by atoms with Crippen molar-refractivity contribution >= 4 is 17.5 Å². The first-order valence-electron chi connectivity index (χ1n) is 8.24. The number of nitrogens with two attached hydrogens (primary N) is 1. The number of piperazine rings is 1. The third-order valence-electron chi connectivity index (χ3n) is 4.41. The van der Waals surface area contributed by atoms with E-state index in [0.717, 1.165) is 12.1 Å². The monoisotopic (exact) mass is 355 g/mol. The second-order valence-electron chi connectivity index (χ2n) is 7.43. The molecule has 1 aromatic carbocycles. The number of hydrogen-bond acceptors (Lipinski definition) is 5. The topological polar surface area (TPSA) is 68.0 Å². The molecule has 3 rings (SSSR count). The first-order chi connectivity index (χ1) is 11.6. The highest BCUT2D eigenvalue weighted by molar-refractivity contribution is 5.71. The number of alkyl halides is 2. The van der Waals surface area contributed by atoms with Crippen molar-refractivity contribution in [3.05, 3.63) is 18.2 Å². The number of carbonyl (C=O) groups excluding carboxylic acids is 1. The molecule has 25 heavy (non-hydrogen) atoms. The van der Waals surface area contributed by atoms with E-state index >= 15 is 0 Å². The molecule has 8 heteroatoms. The highest BCUT2D eigenvalue weighted by Gasteiger charge is 2.46. The van der Waals surface area contributed by atoms with Gasteiger partial charge in [-0.3, -0.25) is 0 Å². The first kappa shape index (κ1) is 17.6. The third kappa shape index (κ3) is 3.72. The molecule has 1 aromatic rings. The Morgan fingerprint density at radius 3 is 2.56 bits per heavy atom. The zero-order valence-corrected chi connectivity index (χ0v) is 14.5. The molecule has 0 saturated carbocycles. The van der Waals surface area contributed by atoms with Crippen LogP contribution in [-0.2, 0) is 4.74 Å². The van der Waals surface area contributed by atoms with Crippen LogP contribution in [0.5, 0.6) is 5.75 Å². The molecular weight excluding hydrogens is 332 g/mol. The van der Waals surface area contributed by atoms with Crippen molar-refractivity contribution in [2.24, 2.45) is 0 Å². The van der Waals surface area contributed by atoms with Crippen LogP contribution in [0.2, 0.25) is 0 Å². The molecule has 6 nitrogen and oxygen atoms in total. The molecule has 2 bridgehead atoms. The molecule has 1 amide bonds. The Labute approximate surface area is 145 Å². The third-order valence-corrected chi connectivity index (χ3v) is 4.41. The molecule has 0 spiro atoms. The summed E-state index contributed by atoms with van der Waals surface area (Å²) in [5.74, 6) is -0.0285. The number of benzene rings is 1. The molecule has 138 valence electrons. The Kier molecular flexibility index (Phi) is 4.38. The van der Waals surface area contributed by atoms with Gasteiger partial charge < -0.3 is 25.0 Å². The molecule has 2 N–H and O–H groups in total. The zero-order valence-electron chi connectivity index (χ0n) is 14.5. The Bertz CT molecular complexity index is 663. The number of nitrogens with zero attached hydrogens (tertiary/aromatic N) is 2. The number of nitrogen functional groups attached to an aromatic ring is 1. The quantitative estimate of drug-likeness (QED) is 0.844. The van der Waals surface area contributed by atoms with Gasteiger partial charge in [0, 0.05) is 30.9 Å². The molecule has 0 aliphatic carbocycles. The van der Waals surface area contributed by atoms with E-state index in [-0.39, 0.29) is 29.6 Å². The fourth-order valence-electron chi connectivity index (χ4n) is 3.43. The summed E-state index contributed by atoms with van der Waals surface area (Å²) in [7, 11) is 0. The largest absolute Gasteiger partial charge is 0.444 e. The van der Waals surface area contributed by atoms with Gasteiger partial charge in [-0.05, 0) is 39.3 Å². The first-order valence-corrected chi connectivity index (χ1v) is 8.24. The van der Waals surface area contributed by atoms with Crippen LogP contribution < -0.4 is 15.4 Å². The number of amides is 1. The summed E-state index contributed by atoms with van der Waals surface area (Å²) >= 11 is 0. The van der Waals surface area contributed by atoms with Crippen molar-refractivity contribution in [1.29, 1.82) is 0 Å². The summed E-state index contributed by atoms with van der Waals surface area (Å²) in [6.07, 6.45) is 0.521. The molecule has 0 aromatic heterocycles. The normalized spacial score (nSPS) is 22.6. The van der Waals surface area contributed by atoms with E-state index in [1.807, 2.05) is 20.8 Å². The van der Waals surface area contributed by atoms with Crippen molar-refractivity contribution < 1.29 is 23.0 Å². The van der Waals surface area contributed by atoms with E-state index in [1.54, 1.807) is 17.0 Å². The van der Waals surface area contributed by atoms with Crippen LogP contribution in [0.1, 0.15) is 27.2 Å². The number of carbonyl (C=O) groups is 1. The van der Waals surface area contributed by atoms with Gasteiger partial charge in [0.1, 0.15) is 5.60 Å². The van der Waals surface area contributed by atoms with E-state index < -0.39 is 12.2 Å². The Balaban J connectivity index is 1.70. The minimum Gasteiger partial charge on any atom is -0.444 e. The molecule has 2 fully saturated rings. The van der Waals surface area contributed by atoms with Crippen LogP contribution in [0.4, 0.5) is 25.0 Å². The summed E-state index contributed by atoms with van der Waals surface area (Å²) in [4.78, 5) is 16.1. The Hall–Kier alpha value is -2.25. The van der Waals surface area contributed by atoms with Gasteiger partial charge in [-0.15, -0.1) is 0 Å². The number of likely N-dealkylation sites (tertiary alicyclic amines) is 1. The maximum absolute atomic E-state index is 12.5. The minimum atomic E-state index is -2.92. The van der Waals surface area contributed by atoms with Crippen molar-refractivity contribution in [3.63, 3.8) is 0 Å². The molecular formula is C17H23F2N3O3. The van der Waals surface area contributed by atoms with Gasteiger partial charge in [-0.2, -0.15) is 8.78 Å². The molecule has 2 saturated heterocycles. The highest BCUT2D eigenvalue weighted by atomic mass is 19.3. The number of halogens is 2. The lowest BCUT2D eigenvalue weighted by molar-refractivity contribution is -0.0493. The van der Waals surface area contributed by atoms with Crippen LogP contribution in [0.15, 0.2) is 18.2 Å². The van der Waals surface area contributed by atoms with Gasteiger partial charge in [0.05, 0.1) is 11.7 Å². The summed E-state index contributed by atoms with van der Waals surface area (Å²) in [6.45, 7) is 3.77. The molecule has 2 atom stereocenters.